The first-order valence-electron chi connectivity index (χ1n) is 20.3. The van der Waals surface area contributed by atoms with E-state index in [1.165, 1.54) is 32.6 Å². The normalized spacial score (nSPS) is 11.7. The molecule has 12 aromatic rings. The summed E-state index contributed by atoms with van der Waals surface area (Å²) in [5.41, 5.74) is 12.0. The van der Waals surface area contributed by atoms with E-state index in [2.05, 4.69) is 203 Å². The molecule has 0 radical (unpaired) electrons. The van der Waals surface area contributed by atoms with Crippen LogP contribution in [0.4, 0.5) is 0 Å². The smallest absolute Gasteiger partial charge is 0.164 e. The minimum Gasteiger partial charge on any atom is -0.309 e. The standard InChI is InChI=1S/C55H35N5/c1-3-17-37(18-4-1)53-56-54(58-55(57-53)46-29-15-19-36-16-7-8-26-43(36)46)40-22-13-20-38(34-40)39-21-14-25-42(35-39)59-49-31-12-10-28-47(49)51-50(59)33-32-45-44-27-9-11-30-48(44)60(52(45)51)41-23-5-2-6-24-41/h1-35H. The summed E-state index contributed by atoms with van der Waals surface area (Å²) in [5, 5.41) is 7.20. The average Bonchev–Trinajstić information content (AvgIpc) is 3.85. The third-order valence-corrected chi connectivity index (χ3v) is 11.7. The molecule has 9 aromatic carbocycles. The lowest BCUT2D eigenvalue weighted by molar-refractivity contribution is 1.08. The zero-order chi connectivity index (χ0) is 39.6. The van der Waals surface area contributed by atoms with Gasteiger partial charge in [-0.3, -0.25) is 0 Å². The maximum Gasteiger partial charge on any atom is 0.164 e. The van der Waals surface area contributed by atoms with Crippen LogP contribution in [0.5, 0.6) is 0 Å². The second kappa shape index (κ2) is 13.8. The van der Waals surface area contributed by atoms with Crippen LogP contribution in [0.15, 0.2) is 212 Å². The third kappa shape index (κ3) is 5.44. The Bertz CT molecular complexity index is 3600. The second-order valence-corrected chi connectivity index (χ2v) is 15.2. The van der Waals surface area contributed by atoms with Gasteiger partial charge in [0.25, 0.3) is 0 Å². The van der Waals surface area contributed by atoms with Gasteiger partial charge < -0.3 is 9.13 Å². The highest BCUT2D eigenvalue weighted by molar-refractivity contribution is 6.26. The van der Waals surface area contributed by atoms with Crippen molar-refractivity contribution in [2.24, 2.45) is 0 Å². The molecule has 60 heavy (non-hydrogen) atoms. The van der Waals surface area contributed by atoms with Crippen molar-refractivity contribution in [3.63, 3.8) is 0 Å². The quantitative estimate of drug-likeness (QED) is 0.169. The number of nitrogens with zero attached hydrogens (tertiary/aromatic N) is 5. The van der Waals surface area contributed by atoms with Gasteiger partial charge in [-0.25, -0.2) is 15.0 Å². The van der Waals surface area contributed by atoms with Crippen molar-refractivity contribution in [2.45, 2.75) is 0 Å². The Morgan fingerprint density at radius 2 is 0.850 bits per heavy atom. The molecule has 0 saturated heterocycles. The van der Waals surface area contributed by atoms with E-state index >= 15 is 0 Å². The van der Waals surface area contributed by atoms with Gasteiger partial charge in [-0.1, -0.05) is 164 Å². The molecule has 0 aliphatic heterocycles. The monoisotopic (exact) mass is 765 g/mol. The number of rotatable bonds is 6. The van der Waals surface area contributed by atoms with Crippen LogP contribution in [0.1, 0.15) is 0 Å². The molecule has 0 bridgehead atoms. The number of aromatic nitrogens is 5. The Labute approximate surface area is 346 Å². The van der Waals surface area contributed by atoms with E-state index in [0.717, 1.165) is 61.0 Å². The van der Waals surface area contributed by atoms with Crippen molar-refractivity contribution in [1.29, 1.82) is 0 Å². The highest BCUT2D eigenvalue weighted by atomic mass is 15.0. The minimum absolute atomic E-state index is 0.630. The molecule has 5 nitrogen and oxygen atoms in total. The van der Waals surface area contributed by atoms with Gasteiger partial charge in [-0.05, 0) is 70.4 Å². The van der Waals surface area contributed by atoms with Crippen LogP contribution in [0.3, 0.4) is 0 Å². The van der Waals surface area contributed by atoms with Crippen molar-refractivity contribution < 1.29 is 0 Å². The van der Waals surface area contributed by atoms with E-state index < -0.39 is 0 Å². The Balaban J connectivity index is 1.02. The van der Waals surface area contributed by atoms with Gasteiger partial charge in [0, 0.05) is 49.6 Å². The molecule has 0 N–H and O–H groups in total. The maximum atomic E-state index is 5.15. The van der Waals surface area contributed by atoms with E-state index in [1.54, 1.807) is 0 Å². The van der Waals surface area contributed by atoms with Gasteiger partial charge in [0.1, 0.15) is 0 Å². The SMILES string of the molecule is c1ccc(-c2nc(-c3cccc(-c4cccc(-n5c6ccccc6c6c5ccc5c7ccccc7n(-c7ccccc7)c56)c4)c3)nc(-c3cccc4ccccc34)n2)cc1. The Kier molecular flexibility index (Phi) is 7.78. The average molecular weight is 766 g/mol. The molecular weight excluding hydrogens is 731 g/mol. The van der Waals surface area contributed by atoms with Gasteiger partial charge >= 0.3 is 0 Å². The van der Waals surface area contributed by atoms with Crippen molar-refractivity contribution in [1.82, 2.24) is 24.1 Å². The summed E-state index contributed by atoms with van der Waals surface area (Å²) in [6, 6.07) is 75.1. The zero-order valence-corrected chi connectivity index (χ0v) is 32.4. The summed E-state index contributed by atoms with van der Waals surface area (Å²) >= 11 is 0. The molecule has 5 heteroatoms. The van der Waals surface area contributed by atoms with E-state index in [1.807, 2.05) is 18.2 Å². The molecule has 280 valence electrons. The van der Waals surface area contributed by atoms with Gasteiger partial charge in [-0.15, -0.1) is 0 Å². The van der Waals surface area contributed by atoms with Crippen LogP contribution in [0, 0.1) is 0 Å². The number of hydrogen-bond acceptors (Lipinski definition) is 3. The molecular formula is C55H35N5. The topological polar surface area (TPSA) is 48.5 Å². The van der Waals surface area contributed by atoms with E-state index in [9.17, 15) is 0 Å². The Morgan fingerprint density at radius 1 is 0.300 bits per heavy atom. The largest absolute Gasteiger partial charge is 0.309 e. The number of benzene rings is 9. The molecule has 0 fully saturated rings. The van der Waals surface area contributed by atoms with E-state index in [0.29, 0.717) is 17.5 Å². The molecule has 0 aliphatic rings. The van der Waals surface area contributed by atoms with Gasteiger partial charge in [0.15, 0.2) is 17.5 Å². The molecule has 3 heterocycles. The van der Waals surface area contributed by atoms with Gasteiger partial charge in [0.05, 0.1) is 22.1 Å². The van der Waals surface area contributed by atoms with Crippen LogP contribution in [-0.4, -0.2) is 24.1 Å². The van der Waals surface area contributed by atoms with Crippen LogP contribution >= 0.6 is 0 Å². The predicted octanol–water partition coefficient (Wildman–Crippen LogP) is 13.9. The van der Waals surface area contributed by atoms with Crippen molar-refractivity contribution in [3.05, 3.63) is 212 Å². The van der Waals surface area contributed by atoms with E-state index in [4.69, 9.17) is 15.0 Å². The van der Waals surface area contributed by atoms with Crippen molar-refractivity contribution in [3.8, 4) is 56.7 Å². The van der Waals surface area contributed by atoms with Crippen molar-refractivity contribution in [2.75, 3.05) is 0 Å². The molecule has 3 aromatic heterocycles. The fraction of sp³-hybridized carbons (Fsp3) is 0. The summed E-state index contributed by atoms with van der Waals surface area (Å²) in [5.74, 6) is 1.92. The van der Waals surface area contributed by atoms with Crippen LogP contribution in [-0.2, 0) is 0 Å². The fourth-order valence-electron chi connectivity index (χ4n) is 9.06. The Hall–Kier alpha value is -8.15. The molecule has 0 spiro atoms. The molecule has 0 amide bonds. The summed E-state index contributed by atoms with van der Waals surface area (Å²) in [4.78, 5) is 15.3. The highest BCUT2D eigenvalue weighted by Crippen LogP contribution is 2.42. The lowest BCUT2D eigenvalue weighted by atomic mass is 10.0. The minimum atomic E-state index is 0.630. The number of para-hydroxylation sites is 3. The lowest BCUT2D eigenvalue weighted by Crippen LogP contribution is -2.00. The first-order valence-corrected chi connectivity index (χ1v) is 20.3. The summed E-state index contributed by atoms with van der Waals surface area (Å²) in [6.07, 6.45) is 0. The first-order chi connectivity index (χ1) is 29.8. The molecule has 0 aliphatic carbocycles. The first kappa shape index (κ1) is 33.9. The third-order valence-electron chi connectivity index (χ3n) is 11.7. The van der Waals surface area contributed by atoms with Gasteiger partial charge in [-0.2, -0.15) is 0 Å². The van der Waals surface area contributed by atoms with Crippen LogP contribution < -0.4 is 0 Å². The fourth-order valence-corrected chi connectivity index (χ4v) is 9.06. The summed E-state index contributed by atoms with van der Waals surface area (Å²) < 4.78 is 4.85. The highest BCUT2D eigenvalue weighted by Gasteiger charge is 2.21. The summed E-state index contributed by atoms with van der Waals surface area (Å²) in [6.45, 7) is 0. The lowest BCUT2D eigenvalue weighted by Gasteiger charge is -2.12. The predicted molar refractivity (Wildman–Crippen MR) is 248 cm³/mol. The van der Waals surface area contributed by atoms with Crippen molar-refractivity contribution >= 4 is 54.4 Å². The Morgan fingerprint density at radius 3 is 1.67 bits per heavy atom. The van der Waals surface area contributed by atoms with Gasteiger partial charge in [0.2, 0.25) is 0 Å². The number of fused-ring (bicyclic) bond motifs is 8. The number of hydrogen-bond donors (Lipinski definition) is 0. The maximum absolute atomic E-state index is 5.15. The van der Waals surface area contributed by atoms with Crippen LogP contribution in [0.2, 0.25) is 0 Å². The molecule has 0 saturated carbocycles. The molecule has 0 atom stereocenters. The molecule has 0 unspecified atom stereocenters. The summed E-state index contributed by atoms with van der Waals surface area (Å²) in [7, 11) is 0. The van der Waals surface area contributed by atoms with Crippen LogP contribution in [0.25, 0.3) is 111 Å². The van der Waals surface area contributed by atoms with E-state index in [-0.39, 0.29) is 0 Å². The molecule has 12 rings (SSSR count). The zero-order valence-electron chi connectivity index (χ0n) is 32.4. The second-order valence-electron chi connectivity index (χ2n) is 15.2.